The van der Waals surface area contributed by atoms with Crippen LogP contribution in [-0.2, 0) is 9.59 Å². The van der Waals surface area contributed by atoms with Crippen LogP contribution in [0.1, 0.15) is 33.6 Å². The molecule has 0 aliphatic carbocycles. The van der Waals surface area contributed by atoms with Crippen LogP contribution in [0, 0.1) is 0 Å². The zero-order valence-corrected chi connectivity index (χ0v) is 10.5. The Morgan fingerprint density at radius 3 is 2.31 bits per heavy atom. The highest BCUT2D eigenvalue weighted by atomic mass is 16.4. The molecule has 0 atom stereocenters. The lowest BCUT2D eigenvalue weighted by atomic mass is 10.1. The average Bonchev–Trinajstić information content (AvgIpc) is 2.12. The fourth-order valence-corrected chi connectivity index (χ4v) is 1.07. The maximum absolute atomic E-state index is 11.6. The molecular formula is C11H22N2O3. The summed E-state index contributed by atoms with van der Waals surface area (Å²) < 4.78 is 0. The minimum atomic E-state index is -0.825. The van der Waals surface area contributed by atoms with Crippen molar-refractivity contribution >= 4 is 11.9 Å². The van der Waals surface area contributed by atoms with Crippen LogP contribution in [0.15, 0.2) is 0 Å². The number of likely N-dealkylation sites (N-methyl/N-ethyl adjacent to an activating group) is 1. The van der Waals surface area contributed by atoms with Gasteiger partial charge in [-0.05, 0) is 27.2 Å². The van der Waals surface area contributed by atoms with Crippen LogP contribution in [0.25, 0.3) is 0 Å². The van der Waals surface area contributed by atoms with Crippen LogP contribution >= 0.6 is 0 Å². The monoisotopic (exact) mass is 230 g/mol. The molecule has 0 aliphatic rings. The lowest BCUT2D eigenvalue weighted by molar-refractivity contribution is -0.137. The lowest BCUT2D eigenvalue weighted by Gasteiger charge is -2.23. The quantitative estimate of drug-likeness (QED) is 0.704. The molecule has 94 valence electrons. The number of rotatable bonds is 6. The molecule has 0 radical (unpaired) electrons. The highest BCUT2D eigenvalue weighted by Gasteiger charge is 2.14. The lowest BCUT2D eigenvalue weighted by Crippen LogP contribution is -2.44. The molecule has 0 rings (SSSR count). The van der Waals surface area contributed by atoms with Crippen LogP contribution in [-0.4, -0.2) is 47.6 Å². The third-order valence-corrected chi connectivity index (χ3v) is 2.08. The third kappa shape index (κ3) is 8.23. The molecule has 16 heavy (non-hydrogen) atoms. The predicted octanol–water partition coefficient (Wildman–Crippen LogP) is 0.698. The molecule has 5 heteroatoms. The molecule has 5 nitrogen and oxygen atoms in total. The van der Waals surface area contributed by atoms with Crippen molar-refractivity contribution in [3.05, 3.63) is 0 Å². The van der Waals surface area contributed by atoms with Gasteiger partial charge in [-0.1, -0.05) is 0 Å². The molecule has 2 N–H and O–H groups in total. The number of nitrogens with zero attached hydrogens (tertiary/aromatic N) is 1. The van der Waals surface area contributed by atoms with E-state index in [2.05, 4.69) is 5.32 Å². The van der Waals surface area contributed by atoms with Gasteiger partial charge in [-0.15, -0.1) is 0 Å². The van der Waals surface area contributed by atoms with Gasteiger partial charge in [-0.2, -0.15) is 0 Å². The van der Waals surface area contributed by atoms with Gasteiger partial charge in [0.25, 0.3) is 0 Å². The molecule has 0 aromatic rings. The largest absolute Gasteiger partial charge is 0.481 e. The Bertz CT molecular complexity index is 246. The summed E-state index contributed by atoms with van der Waals surface area (Å²) in [5.74, 6) is -0.839. The van der Waals surface area contributed by atoms with Gasteiger partial charge in [0.15, 0.2) is 0 Å². The average molecular weight is 230 g/mol. The number of aliphatic carboxylic acids is 1. The van der Waals surface area contributed by atoms with Crippen LogP contribution in [0.3, 0.4) is 0 Å². The SMILES string of the molecule is CN(CCCC(=O)O)C(=O)CNC(C)(C)C. The molecule has 0 unspecified atom stereocenters. The first-order valence-electron chi connectivity index (χ1n) is 5.43. The van der Waals surface area contributed by atoms with Crippen molar-refractivity contribution in [1.82, 2.24) is 10.2 Å². The molecule has 0 saturated carbocycles. The van der Waals surface area contributed by atoms with E-state index in [1.165, 1.54) is 0 Å². The topological polar surface area (TPSA) is 69.6 Å². The predicted molar refractivity (Wildman–Crippen MR) is 62.3 cm³/mol. The van der Waals surface area contributed by atoms with Crippen molar-refractivity contribution in [3.63, 3.8) is 0 Å². The fraction of sp³-hybridized carbons (Fsp3) is 0.818. The normalized spacial score (nSPS) is 11.2. The van der Waals surface area contributed by atoms with E-state index in [1.807, 2.05) is 20.8 Å². The van der Waals surface area contributed by atoms with Crippen LogP contribution in [0.2, 0.25) is 0 Å². The summed E-state index contributed by atoms with van der Waals surface area (Å²) in [6, 6.07) is 0. The minimum absolute atomic E-state index is 0.0136. The van der Waals surface area contributed by atoms with Crippen LogP contribution in [0.5, 0.6) is 0 Å². The summed E-state index contributed by atoms with van der Waals surface area (Å²) in [5, 5.41) is 11.6. The maximum atomic E-state index is 11.6. The summed E-state index contributed by atoms with van der Waals surface area (Å²) in [5.41, 5.74) is -0.0857. The first-order chi connectivity index (χ1) is 7.22. The number of amides is 1. The Kier molecular flexibility index (Phi) is 6.03. The summed E-state index contributed by atoms with van der Waals surface area (Å²) in [6.07, 6.45) is 0.595. The number of carboxylic acids is 1. The summed E-state index contributed by atoms with van der Waals surface area (Å²) in [7, 11) is 1.69. The van der Waals surface area contributed by atoms with Gasteiger partial charge in [0.1, 0.15) is 0 Å². The smallest absolute Gasteiger partial charge is 0.303 e. The van der Waals surface area contributed by atoms with Crippen molar-refractivity contribution in [2.45, 2.75) is 39.2 Å². The van der Waals surface area contributed by atoms with E-state index >= 15 is 0 Å². The highest BCUT2D eigenvalue weighted by Crippen LogP contribution is 1.99. The van der Waals surface area contributed by atoms with Crippen molar-refractivity contribution in [2.75, 3.05) is 20.1 Å². The number of nitrogens with one attached hydrogen (secondary N) is 1. The third-order valence-electron chi connectivity index (χ3n) is 2.08. The second-order valence-corrected chi connectivity index (χ2v) is 4.92. The van der Waals surface area contributed by atoms with Crippen molar-refractivity contribution in [1.29, 1.82) is 0 Å². The highest BCUT2D eigenvalue weighted by molar-refractivity contribution is 5.78. The van der Waals surface area contributed by atoms with Crippen molar-refractivity contribution < 1.29 is 14.7 Å². The van der Waals surface area contributed by atoms with Gasteiger partial charge in [-0.25, -0.2) is 0 Å². The van der Waals surface area contributed by atoms with Gasteiger partial charge in [0.05, 0.1) is 6.54 Å². The molecule has 0 aromatic heterocycles. The summed E-state index contributed by atoms with van der Waals surface area (Å²) in [6.45, 7) is 6.74. The zero-order chi connectivity index (χ0) is 12.8. The van der Waals surface area contributed by atoms with E-state index in [1.54, 1.807) is 11.9 Å². The fourth-order valence-electron chi connectivity index (χ4n) is 1.07. The van der Waals surface area contributed by atoms with Crippen molar-refractivity contribution in [2.24, 2.45) is 0 Å². The minimum Gasteiger partial charge on any atom is -0.481 e. The van der Waals surface area contributed by atoms with Gasteiger partial charge < -0.3 is 15.3 Å². The Morgan fingerprint density at radius 1 is 1.31 bits per heavy atom. The first-order valence-corrected chi connectivity index (χ1v) is 5.43. The van der Waals surface area contributed by atoms with E-state index in [0.717, 1.165) is 0 Å². The Morgan fingerprint density at radius 2 is 1.88 bits per heavy atom. The Balaban J connectivity index is 3.78. The van der Waals surface area contributed by atoms with Crippen LogP contribution in [0.4, 0.5) is 0 Å². The van der Waals surface area contributed by atoms with Gasteiger partial charge in [0, 0.05) is 25.6 Å². The second-order valence-electron chi connectivity index (χ2n) is 4.92. The van der Waals surface area contributed by atoms with E-state index in [0.29, 0.717) is 13.0 Å². The number of carbonyl (C=O) groups excluding carboxylic acids is 1. The molecule has 0 aliphatic heterocycles. The number of hydrogen-bond acceptors (Lipinski definition) is 3. The second kappa shape index (κ2) is 6.48. The van der Waals surface area contributed by atoms with E-state index in [-0.39, 0.29) is 24.4 Å². The number of hydrogen-bond donors (Lipinski definition) is 2. The molecule has 1 amide bonds. The van der Waals surface area contributed by atoms with E-state index < -0.39 is 5.97 Å². The molecule has 0 spiro atoms. The molecule has 0 saturated heterocycles. The molecule has 0 bridgehead atoms. The van der Waals surface area contributed by atoms with Gasteiger partial charge >= 0.3 is 5.97 Å². The Hall–Kier alpha value is -1.10. The van der Waals surface area contributed by atoms with E-state index in [4.69, 9.17) is 5.11 Å². The molecular weight excluding hydrogens is 208 g/mol. The van der Waals surface area contributed by atoms with Crippen LogP contribution < -0.4 is 5.32 Å². The van der Waals surface area contributed by atoms with E-state index in [9.17, 15) is 9.59 Å². The Labute approximate surface area is 96.8 Å². The molecule has 0 aromatic carbocycles. The molecule has 0 fully saturated rings. The number of carboxylic acid groups (broad SMARTS) is 1. The molecule has 0 heterocycles. The zero-order valence-electron chi connectivity index (χ0n) is 10.5. The number of carbonyl (C=O) groups is 2. The summed E-state index contributed by atoms with van der Waals surface area (Å²) in [4.78, 5) is 23.4. The van der Waals surface area contributed by atoms with Gasteiger partial charge in [-0.3, -0.25) is 9.59 Å². The maximum Gasteiger partial charge on any atom is 0.303 e. The first kappa shape index (κ1) is 14.9. The standard InChI is InChI=1S/C11H22N2O3/c1-11(2,3)12-8-9(14)13(4)7-5-6-10(15)16/h12H,5-8H2,1-4H3,(H,15,16). The van der Waals surface area contributed by atoms with Gasteiger partial charge in [0.2, 0.25) is 5.91 Å². The summed E-state index contributed by atoms with van der Waals surface area (Å²) >= 11 is 0. The van der Waals surface area contributed by atoms with Crippen molar-refractivity contribution in [3.8, 4) is 0 Å².